The molecule has 0 aliphatic carbocycles. The van der Waals surface area contributed by atoms with E-state index in [0.717, 1.165) is 38.8 Å². The summed E-state index contributed by atoms with van der Waals surface area (Å²) in [6, 6.07) is 6.93. The highest BCUT2D eigenvalue weighted by Crippen LogP contribution is 2.15. The molecule has 24 heavy (non-hydrogen) atoms. The van der Waals surface area contributed by atoms with Crippen LogP contribution in [0.2, 0.25) is 5.02 Å². The predicted molar refractivity (Wildman–Crippen MR) is 94.2 cm³/mol. The van der Waals surface area contributed by atoms with Gasteiger partial charge in [-0.2, -0.15) is 0 Å². The molecule has 1 aromatic carbocycles. The number of carbonyl (C=O) groups is 2. The van der Waals surface area contributed by atoms with Gasteiger partial charge in [-0.15, -0.1) is 0 Å². The molecule has 0 bridgehead atoms. The fourth-order valence-corrected chi connectivity index (χ4v) is 3.52. The van der Waals surface area contributed by atoms with Gasteiger partial charge in [0, 0.05) is 36.8 Å². The Kier molecular flexibility index (Phi) is 5.74. The lowest BCUT2D eigenvalue weighted by molar-refractivity contribution is -0.133. The second kappa shape index (κ2) is 7.99. The zero-order valence-corrected chi connectivity index (χ0v) is 14.6. The first-order valence-electron chi connectivity index (χ1n) is 8.72. The SMILES string of the molecule is O=C(c1ccc(Cl)cc1)N1CCCN(C(=O)C2CCCCN2)CC1. The molecule has 2 amide bonds. The van der Waals surface area contributed by atoms with Crippen LogP contribution in [-0.2, 0) is 4.79 Å². The van der Waals surface area contributed by atoms with Crippen molar-refractivity contribution in [2.24, 2.45) is 0 Å². The van der Waals surface area contributed by atoms with Gasteiger partial charge < -0.3 is 15.1 Å². The van der Waals surface area contributed by atoms with Crippen LogP contribution in [0.15, 0.2) is 24.3 Å². The van der Waals surface area contributed by atoms with Crippen LogP contribution in [0, 0.1) is 0 Å². The lowest BCUT2D eigenvalue weighted by atomic mass is 10.0. The van der Waals surface area contributed by atoms with Crippen molar-refractivity contribution in [2.45, 2.75) is 31.7 Å². The predicted octanol–water partition coefficient (Wildman–Crippen LogP) is 2.16. The van der Waals surface area contributed by atoms with E-state index in [-0.39, 0.29) is 17.9 Å². The Morgan fingerprint density at radius 1 is 0.958 bits per heavy atom. The Morgan fingerprint density at radius 2 is 1.67 bits per heavy atom. The van der Waals surface area contributed by atoms with Crippen molar-refractivity contribution in [3.05, 3.63) is 34.9 Å². The summed E-state index contributed by atoms with van der Waals surface area (Å²) in [7, 11) is 0. The van der Waals surface area contributed by atoms with Crippen LogP contribution in [0.3, 0.4) is 0 Å². The Morgan fingerprint density at radius 3 is 2.38 bits per heavy atom. The summed E-state index contributed by atoms with van der Waals surface area (Å²) in [5.74, 6) is 0.201. The number of carbonyl (C=O) groups excluding carboxylic acids is 2. The molecule has 1 aromatic rings. The van der Waals surface area contributed by atoms with E-state index in [1.807, 2.05) is 9.80 Å². The van der Waals surface area contributed by atoms with Crippen LogP contribution in [0.4, 0.5) is 0 Å². The van der Waals surface area contributed by atoms with Crippen LogP contribution in [-0.4, -0.2) is 60.4 Å². The van der Waals surface area contributed by atoms with Gasteiger partial charge in [0.05, 0.1) is 6.04 Å². The number of rotatable bonds is 2. The smallest absolute Gasteiger partial charge is 0.253 e. The maximum Gasteiger partial charge on any atom is 0.253 e. The summed E-state index contributed by atoms with van der Waals surface area (Å²) < 4.78 is 0. The highest BCUT2D eigenvalue weighted by atomic mass is 35.5. The standard InChI is InChI=1S/C18H24ClN3O2/c19-15-7-5-14(6-8-15)17(23)21-10-3-11-22(13-12-21)18(24)16-4-1-2-9-20-16/h5-8,16,20H,1-4,9-13H2. The fraction of sp³-hybridized carbons (Fsp3) is 0.556. The molecular weight excluding hydrogens is 326 g/mol. The Balaban J connectivity index is 1.59. The molecule has 2 saturated heterocycles. The molecule has 2 fully saturated rings. The van der Waals surface area contributed by atoms with E-state index in [9.17, 15) is 9.59 Å². The van der Waals surface area contributed by atoms with Gasteiger partial charge in [-0.05, 0) is 50.1 Å². The first-order valence-corrected chi connectivity index (χ1v) is 9.10. The normalized spacial score (nSPS) is 22.1. The number of nitrogens with one attached hydrogen (secondary N) is 1. The molecule has 6 heteroatoms. The number of piperidine rings is 1. The number of hydrogen-bond donors (Lipinski definition) is 1. The van der Waals surface area contributed by atoms with Crippen molar-refractivity contribution in [3.8, 4) is 0 Å². The highest BCUT2D eigenvalue weighted by molar-refractivity contribution is 6.30. The van der Waals surface area contributed by atoms with E-state index in [1.54, 1.807) is 24.3 Å². The molecular formula is C18H24ClN3O2. The minimum Gasteiger partial charge on any atom is -0.340 e. The van der Waals surface area contributed by atoms with Crippen molar-refractivity contribution >= 4 is 23.4 Å². The summed E-state index contributed by atoms with van der Waals surface area (Å²) >= 11 is 5.88. The molecule has 1 N–H and O–H groups in total. The quantitative estimate of drug-likeness (QED) is 0.890. The number of benzene rings is 1. The molecule has 0 saturated carbocycles. The summed E-state index contributed by atoms with van der Waals surface area (Å²) in [6.07, 6.45) is 3.99. The van der Waals surface area contributed by atoms with Crippen molar-refractivity contribution in [1.29, 1.82) is 0 Å². The van der Waals surface area contributed by atoms with Gasteiger partial charge in [0.25, 0.3) is 5.91 Å². The van der Waals surface area contributed by atoms with Crippen molar-refractivity contribution in [3.63, 3.8) is 0 Å². The zero-order valence-electron chi connectivity index (χ0n) is 13.8. The number of halogens is 1. The minimum absolute atomic E-state index is 0.0109. The van der Waals surface area contributed by atoms with Gasteiger partial charge in [0.1, 0.15) is 0 Å². The molecule has 3 rings (SSSR count). The topological polar surface area (TPSA) is 52.7 Å². The maximum absolute atomic E-state index is 12.6. The Hall–Kier alpha value is -1.59. The van der Waals surface area contributed by atoms with Gasteiger partial charge >= 0.3 is 0 Å². The fourth-order valence-electron chi connectivity index (χ4n) is 3.40. The molecule has 0 spiro atoms. The first kappa shape index (κ1) is 17.2. The third-order valence-electron chi connectivity index (χ3n) is 4.79. The third kappa shape index (κ3) is 4.08. The van der Waals surface area contributed by atoms with E-state index in [2.05, 4.69) is 5.32 Å². The molecule has 0 radical (unpaired) electrons. The van der Waals surface area contributed by atoms with Crippen LogP contribution >= 0.6 is 11.6 Å². The second-order valence-electron chi connectivity index (χ2n) is 6.48. The second-order valence-corrected chi connectivity index (χ2v) is 6.92. The maximum atomic E-state index is 12.6. The van der Waals surface area contributed by atoms with Crippen LogP contribution in [0.25, 0.3) is 0 Å². The molecule has 5 nitrogen and oxygen atoms in total. The van der Waals surface area contributed by atoms with Crippen molar-refractivity contribution in [1.82, 2.24) is 15.1 Å². The van der Waals surface area contributed by atoms with Gasteiger partial charge in [0.2, 0.25) is 5.91 Å². The van der Waals surface area contributed by atoms with E-state index >= 15 is 0 Å². The molecule has 2 aliphatic rings. The summed E-state index contributed by atoms with van der Waals surface area (Å²) in [5, 5.41) is 3.94. The van der Waals surface area contributed by atoms with Gasteiger partial charge in [-0.1, -0.05) is 18.0 Å². The molecule has 2 aliphatic heterocycles. The summed E-state index contributed by atoms with van der Waals surface area (Å²) in [5.41, 5.74) is 0.646. The summed E-state index contributed by atoms with van der Waals surface area (Å²) in [6.45, 7) is 3.52. The van der Waals surface area contributed by atoms with Crippen molar-refractivity contribution < 1.29 is 9.59 Å². The third-order valence-corrected chi connectivity index (χ3v) is 5.05. The molecule has 130 valence electrons. The van der Waals surface area contributed by atoms with Gasteiger partial charge in [0.15, 0.2) is 0 Å². The molecule has 1 unspecified atom stereocenters. The largest absolute Gasteiger partial charge is 0.340 e. The molecule has 0 aromatic heterocycles. The van der Waals surface area contributed by atoms with Crippen LogP contribution in [0.5, 0.6) is 0 Å². The summed E-state index contributed by atoms with van der Waals surface area (Å²) in [4.78, 5) is 29.0. The number of amides is 2. The lowest BCUT2D eigenvalue weighted by Crippen LogP contribution is -2.49. The lowest BCUT2D eigenvalue weighted by Gasteiger charge is -2.29. The van der Waals surface area contributed by atoms with Crippen molar-refractivity contribution in [2.75, 3.05) is 32.7 Å². The van der Waals surface area contributed by atoms with E-state index < -0.39 is 0 Å². The molecule has 2 heterocycles. The number of nitrogens with zero attached hydrogens (tertiary/aromatic N) is 2. The van der Waals surface area contributed by atoms with Gasteiger partial charge in [-0.25, -0.2) is 0 Å². The van der Waals surface area contributed by atoms with E-state index in [0.29, 0.717) is 30.2 Å². The van der Waals surface area contributed by atoms with Crippen LogP contribution < -0.4 is 5.32 Å². The van der Waals surface area contributed by atoms with E-state index in [4.69, 9.17) is 11.6 Å². The monoisotopic (exact) mass is 349 g/mol. The Bertz CT molecular complexity index is 584. The first-order chi connectivity index (χ1) is 11.6. The zero-order chi connectivity index (χ0) is 16.9. The van der Waals surface area contributed by atoms with Gasteiger partial charge in [-0.3, -0.25) is 9.59 Å². The number of hydrogen-bond acceptors (Lipinski definition) is 3. The highest BCUT2D eigenvalue weighted by Gasteiger charge is 2.28. The Labute approximate surface area is 147 Å². The average Bonchev–Trinajstić information content (AvgIpc) is 2.88. The average molecular weight is 350 g/mol. The van der Waals surface area contributed by atoms with E-state index in [1.165, 1.54) is 0 Å². The minimum atomic E-state index is -0.0442. The van der Waals surface area contributed by atoms with Crippen LogP contribution in [0.1, 0.15) is 36.0 Å². The molecule has 1 atom stereocenters.